The normalized spacial score (nSPS) is 11.7. The molecular formula is C55H34N4. The van der Waals surface area contributed by atoms with Gasteiger partial charge < -0.3 is 4.57 Å². The van der Waals surface area contributed by atoms with Crippen molar-refractivity contribution in [2.75, 3.05) is 0 Å². The van der Waals surface area contributed by atoms with Crippen molar-refractivity contribution in [1.29, 1.82) is 0 Å². The molecule has 0 unspecified atom stereocenters. The molecule has 0 spiro atoms. The number of hydrogen-bond donors (Lipinski definition) is 0. The molecule has 4 heteroatoms. The highest BCUT2D eigenvalue weighted by Crippen LogP contribution is 2.44. The fourth-order valence-electron chi connectivity index (χ4n) is 9.22. The van der Waals surface area contributed by atoms with Gasteiger partial charge >= 0.3 is 0 Å². The molecule has 0 bridgehead atoms. The highest BCUT2D eigenvalue weighted by atomic mass is 15.0. The first-order valence-corrected chi connectivity index (χ1v) is 20.0. The second-order valence-electron chi connectivity index (χ2n) is 15.1. The second-order valence-corrected chi connectivity index (χ2v) is 15.1. The van der Waals surface area contributed by atoms with Crippen LogP contribution in [-0.4, -0.2) is 19.5 Å². The van der Waals surface area contributed by atoms with Gasteiger partial charge in [-0.25, -0.2) is 15.0 Å². The molecule has 4 nitrogen and oxygen atoms in total. The molecule has 0 aliphatic heterocycles. The molecule has 12 rings (SSSR count). The van der Waals surface area contributed by atoms with Gasteiger partial charge in [0, 0.05) is 33.2 Å². The minimum atomic E-state index is 0.647. The van der Waals surface area contributed by atoms with Crippen molar-refractivity contribution in [3.8, 4) is 51.0 Å². The smallest absolute Gasteiger partial charge is 0.164 e. The first-order valence-electron chi connectivity index (χ1n) is 20.0. The molecule has 2 heterocycles. The fraction of sp³-hybridized carbons (Fsp3) is 0. The van der Waals surface area contributed by atoms with Gasteiger partial charge in [-0.3, -0.25) is 0 Å². The van der Waals surface area contributed by atoms with Crippen molar-refractivity contribution >= 4 is 64.9 Å². The van der Waals surface area contributed by atoms with E-state index in [1.165, 1.54) is 65.3 Å². The van der Waals surface area contributed by atoms with Crippen molar-refractivity contribution in [2.24, 2.45) is 0 Å². The predicted octanol–water partition coefficient (Wildman–Crippen LogP) is 14.2. The van der Waals surface area contributed by atoms with Crippen LogP contribution in [0.15, 0.2) is 206 Å². The van der Waals surface area contributed by atoms with E-state index in [0.717, 1.165) is 33.2 Å². The minimum Gasteiger partial charge on any atom is -0.309 e. The standard InChI is InChI=1S/C55H34N4/c1-3-16-35(17-4-1)53-56-54(36-18-5-2-6-19-36)58-55(57-53)48-33-32-41(38-20-7-8-21-39(38)48)46-26-15-27-47-42-31-30-37(34-49(42)40-22-9-10-25-45(40)52(46)47)59-50-28-13-11-23-43(50)44-24-12-14-29-51(44)59/h1-34H. The molecule has 10 aromatic carbocycles. The van der Waals surface area contributed by atoms with Crippen molar-refractivity contribution in [3.63, 3.8) is 0 Å². The molecule has 0 aliphatic carbocycles. The Morgan fingerprint density at radius 3 is 1.36 bits per heavy atom. The fourth-order valence-corrected chi connectivity index (χ4v) is 9.22. The monoisotopic (exact) mass is 750 g/mol. The van der Waals surface area contributed by atoms with Crippen LogP contribution >= 0.6 is 0 Å². The summed E-state index contributed by atoms with van der Waals surface area (Å²) in [5, 5.41) is 12.2. The van der Waals surface area contributed by atoms with Gasteiger partial charge in [-0.2, -0.15) is 0 Å². The average molecular weight is 751 g/mol. The van der Waals surface area contributed by atoms with Crippen LogP contribution in [0.3, 0.4) is 0 Å². The summed E-state index contributed by atoms with van der Waals surface area (Å²) in [4.78, 5) is 15.2. The van der Waals surface area contributed by atoms with Crippen LogP contribution < -0.4 is 0 Å². The molecule has 0 N–H and O–H groups in total. The third-order valence-electron chi connectivity index (χ3n) is 11.8. The molecule has 274 valence electrons. The summed E-state index contributed by atoms with van der Waals surface area (Å²) in [6.07, 6.45) is 0. The van der Waals surface area contributed by atoms with E-state index in [1.807, 2.05) is 36.4 Å². The van der Waals surface area contributed by atoms with Crippen LogP contribution in [0, 0.1) is 0 Å². The van der Waals surface area contributed by atoms with E-state index in [-0.39, 0.29) is 0 Å². The van der Waals surface area contributed by atoms with E-state index in [1.54, 1.807) is 0 Å². The molecular weight excluding hydrogens is 717 g/mol. The number of nitrogens with zero attached hydrogens (tertiary/aromatic N) is 4. The molecule has 0 fully saturated rings. The number of fused-ring (bicyclic) bond motifs is 10. The third kappa shape index (κ3) is 5.27. The minimum absolute atomic E-state index is 0.647. The maximum absolute atomic E-state index is 5.11. The Kier molecular flexibility index (Phi) is 7.50. The summed E-state index contributed by atoms with van der Waals surface area (Å²) in [7, 11) is 0. The largest absolute Gasteiger partial charge is 0.309 e. The summed E-state index contributed by atoms with van der Waals surface area (Å²) < 4.78 is 2.41. The van der Waals surface area contributed by atoms with Crippen LogP contribution in [0.4, 0.5) is 0 Å². The molecule has 0 atom stereocenters. The van der Waals surface area contributed by atoms with E-state index in [2.05, 4.69) is 174 Å². The molecule has 0 aliphatic rings. The first kappa shape index (κ1) is 33.2. The lowest BCUT2D eigenvalue weighted by Gasteiger charge is -2.18. The number of rotatable bonds is 5. The van der Waals surface area contributed by atoms with E-state index in [0.29, 0.717) is 17.5 Å². The molecule has 59 heavy (non-hydrogen) atoms. The molecule has 0 saturated heterocycles. The lowest BCUT2D eigenvalue weighted by Crippen LogP contribution is -2.00. The van der Waals surface area contributed by atoms with Crippen molar-refractivity contribution in [3.05, 3.63) is 206 Å². The van der Waals surface area contributed by atoms with Gasteiger partial charge in [0.25, 0.3) is 0 Å². The Morgan fingerprint density at radius 1 is 0.271 bits per heavy atom. The second kappa shape index (κ2) is 13.3. The van der Waals surface area contributed by atoms with Crippen molar-refractivity contribution in [2.45, 2.75) is 0 Å². The van der Waals surface area contributed by atoms with Crippen LogP contribution in [0.1, 0.15) is 0 Å². The van der Waals surface area contributed by atoms with Gasteiger partial charge in [-0.15, -0.1) is 0 Å². The van der Waals surface area contributed by atoms with Gasteiger partial charge in [0.15, 0.2) is 17.5 Å². The Labute approximate surface area is 340 Å². The van der Waals surface area contributed by atoms with Gasteiger partial charge in [-0.05, 0) is 84.5 Å². The van der Waals surface area contributed by atoms with Gasteiger partial charge in [0.05, 0.1) is 11.0 Å². The topological polar surface area (TPSA) is 43.6 Å². The van der Waals surface area contributed by atoms with E-state index in [4.69, 9.17) is 15.0 Å². The molecule has 12 aromatic rings. The SMILES string of the molecule is c1ccc(-c2nc(-c3ccccc3)nc(-c3ccc(-c4cccc5c6ccc(-n7c8ccccc8c8ccccc87)cc6c6ccccc6c45)c4ccccc34)n2)cc1. The highest BCUT2D eigenvalue weighted by Gasteiger charge is 2.20. The van der Waals surface area contributed by atoms with E-state index < -0.39 is 0 Å². The zero-order valence-corrected chi connectivity index (χ0v) is 31.9. The summed E-state index contributed by atoms with van der Waals surface area (Å²) in [6.45, 7) is 0. The van der Waals surface area contributed by atoms with Gasteiger partial charge in [0.2, 0.25) is 0 Å². The zero-order valence-electron chi connectivity index (χ0n) is 31.9. The molecule has 0 radical (unpaired) electrons. The van der Waals surface area contributed by atoms with E-state index in [9.17, 15) is 0 Å². The van der Waals surface area contributed by atoms with Crippen LogP contribution in [-0.2, 0) is 0 Å². The van der Waals surface area contributed by atoms with Gasteiger partial charge in [0.1, 0.15) is 0 Å². The van der Waals surface area contributed by atoms with Crippen molar-refractivity contribution < 1.29 is 0 Å². The summed E-state index contributed by atoms with van der Waals surface area (Å²) in [5.74, 6) is 1.95. The maximum Gasteiger partial charge on any atom is 0.164 e. The molecule has 2 aromatic heterocycles. The Balaban J connectivity index is 1.08. The predicted molar refractivity (Wildman–Crippen MR) is 246 cm³/mol. The summed E-state index contributed by atoms with van der Waals surface area (Å²) in [5.41, 5.74) is 8.80. The molecule has 0 saturated carbocycles. The zero-order chi connectivity index (χ0) is 38.9. The Morgan fingerprint density at radius 2 is 0.729 bits per heavy atom. The van der Waals surface area contributed by atoms with Crippen LogP contribution in [0.5, 0.6) is 0 Å². The summed E-state index contributed by atoms with van der Waals surface area (Å²) in [6, 6.07) is 73.5. The third-order valence-corrected chi connectivity index (χ3v) is 11.8. The summed E-state index contributed by atoms with van der Waals surface area (Å²) >= 11 is 0. The van der Waals surface area contributed by atoms with Gasteiger partial charge in [-0.1, -0.05) is 176 Å². The maximum atomic E-state index is 5.11. The number of benzene rings is 10. The molecule has 0 amide bonds. The quantitative estimate of drug-likeness (QED) is 0.165. The highest BCUT2D eigenvalue weighted by molar-refractivity contribution is 6.29. The Hall–Kier alpha value is -7.95. The first-order chi connectivity index (χ1) is 29.3. The van der Waals surface area contributed by atoms with E-state index >= 15 is 0 Å². The van der Waals surface area contributed by atoms with Crippen LogP contribution in [0.2, 0.25) is 0 Å². The lowest BCUT2D eigenvalue weighted by molar-refractivity contribution is 1.08. The Bertz CT molecular complexity index is 3470. The lowest BCUT2D eigenvalue weighted by atomic mass is 9.87. The number of aromatic nitrogens is 4. The average Bonchev–Trinajstić information content (AvgIpc) is 3.66. The number of para-hydroxylation sites is 2. The van der Waals surface area contributed by atoms with Crippen molar-refractivity contribution in [1.82, 2.24) is 19.5 Å². The number of hydrogen-bond acceptors (Lipinski definition) is 3. The van der Waals surface area contributed by atoms with Crippen LogP contribution in [0.25, 0.3) is 116 Å².